The first-order valence-electron chi connectivity index (χ1n) is 10.5. The number of hydrogen-bond acceptors (Lipinski definition) is 4. The van der Waals surface area contributed by atoms with E-state index in [1.165, 1.54) is 0 Å². The third-order valence-electron chi connectivity index (χ3n) is 6.02. The Labute approximate surface area is 188 Å². The van der Waals surface area contributed by atoms with Crippen LogP contribution in [0.5, 0.6) is 0 Å². The second kappa shape index (κ2) is 8.43. The molecule has 2 aromatic rings. The second-order valence-electron chi connectivity index (χ2n) is 9.12. The maximum atomic E-state index is 13.3. The number of carbonyl (C=O) groups is 2. The molecule has 2 aliphatic rings. The molecule has 1 heterocycles. The lowest BCUT2D eigenvalue weighted by Gasteiger charge is -2.39. The third-order valence-corrected chi connectivity index (χ3v) is 6.36. The van der Waals surface area contributed by atoms with Crippen LogP contribution in [0, 0.1) is 11.3 Å². The van der Waals surface area contributed by atoms with Crippen LogP contribution in [0.2, 0.25) is 5.02 Å². The Bertz CT molecular complexity index is 1080. The fourth-order valence-electron chi connectivity index (χ4n) is 4.63. The van der Waals surface area contributed by atoms with Crippen LogP contribution in [0.3, 0.4) is 0 Å². The van der Waals surface area contributed by atoms with Crippen molar-refractivity contribution in [3.05, 3.63) is 82.0 Å². The molecule has 1 aliphatic carbocycles. The molecule has 2 atom stereocenters. The molecular weight excluding hydrogens is 410 g/mol. The molecule has 0 fully saturated rings. The van der Waals surface area contributed by atoms with E-state index in [0.29, 0.717) is 29.1 Å². The lowest BCUT2D eigenvalue weighted by molar-refractivity contribution is -0.148. The SMILES string of the molecule is CC1=NC2=C(C(=O)CC(C)(C)C2)[C@H](c2ccccc2Cl)C1C(=O)OCc1ccccc1. The maximum absolute atomic E-state index is 13.3. The Morgan fingerprint density at radius 1 is 1.10 bits per heavy atom. The predicted octanol–water partition coefficient (Wildman–Crippen LogP) is 5.90. The van der Waals surface area contributed by atoms with Crippen LogP contribution >= 0.6 is 11.6 Å². The van der Waals surface area contributed by atoms with E-state index in [4.69, 9.17) is 21.3 Å². The average Bonchev–Trinajstić information content (AvgIpc) is 2.71. The van der Waals surface area contributed by atoms with Gasteiger partial charge in [0.1, 0.15) is 12.5 Å². The second-order valence-corrected chi connectivity index (χ2v) is 9.53. The Kier molecular flexibility index (Phi) is 5.85. The summed E-state index contributed by atoms with van der Waals surface area (Å²) in [5.74, 6) is -1.53. The van der Waals surface area contributed by atoms with E-state index in [-0.39, 0.29) is 23.8 Å². The summed E-state index contributed by atoms with van der Waals surface area (Å²) in [7, 11) is 0. The molecule has 0 saturated carbocycles. The van der Waals surface area contributed by atoms with Gasteiger partial charge in [-0.05, 0) is 36.0 Å². The molecule has 2 aromatic carbocycles. The van der Waals surface area contributed by atoms with Crippen molar-refractivity contribution in [2.45, 2.75) is 46.1 Å². The van der Waals surface area contributed by atoms with Gasteiger partial charge in [0.25, 0.3) is 0 Å². The number of rotatable bonds is 4. The van der Waals surface area contributed by atoms with Crippen LogP contribution in [-0.2, 0) is 20.9 Å². The Morgan fingerprint density at radius 3 is 2.48 bits per heavy atom. The van der Waals surface area contributed by atoms with Gasteiger partial charge < -0.3 is 4.74 Å². The number of nitrogens with zero attached hydrogens (tertiary/aromatic N) is 1. The quantitative estimate of drug-likeness (QED) is 0.561. The molecule has 0 amide bonds. The lowest BCUT2D eigenvalue weighted by Crippen LogP contribution is -2.39. The minimum absolute atomic E-state index is 0.0354. The first-order chi connectivity index (χ1) is 14.8. The van der Waals surface area contributed by atoms with Gasteiger partial charge in [-0.15, -0.1) is 0 Å². The number of esters is 1. The zero-order valence-electron chi connectivity index (χ0n) is 18.0. The molecule has 31 heavy (non-hydrogen) atoms. The number of allylic oxidation sites excluding steroid dienone is 2. The van der Waals surface area contributed by atoms with E-state index in [2.05, 4.69) is 13.8 Å². The van der Waals surface area contributed by atoms with Crippen LogP contribution in [-0.4, -0.2) is 17.5 Å². The van der Waals surface area contributed by atoms with Crippen LogP contribution in [0.25, 0.3) is 0 Å². The summed E-state index contributed by atoms with van der Waals surface area (Å²) >= 11 is 6.56. The number of ketones is 1. The highest BCUT2D eigenvalue weighted by molar-refractivity contribution is 6.31. The normalized spacial score (nSPS) is 22.6. The number of ether oxygens (including phenoxy) is 1. The molecule has 4 rings (SSSR count). The Morgan fingerprint density at radius 2 is 1.77 bits per heavy atom. The van der Waals surface area contributed by atoms with Crippen molar-refractivity contribution in [2.24, 2.45) is 16.3 Å². The van der Waals surface area contributed by atoms with E-state index < -0.39 is 11.8 Å². The smallest absolute Gasteiger partial charge is 0.315 e. The number of hydrogen-bond donors (Lipinski definition) is 0. The van der Waals surface area contributed by atoms with Gasteiger partial charge >= 0.3 is 5.97 Å². The Hall–Kier alpha value is -2.72. The first kappa shape index (κ1) is 21.5. The van der Waals surface area contributed by atoms with Crippen molar-refractivity contribution in [2.75, 3.05) is 0 Å². The molecule has 0 saturated heterocycles. The van der Waals surface area contributed by atoms with Crippen LogP contribution in [0.1, 0.15) is 50.7 Å². The molecule has 0 radical (unpaired) electrons. The van der Waals surface area contributed by atoms with Gasteiger partial charge in [0.15, 0.2) is 5.78 Å². The molecule has 4 nitrogen and oxygen atoms in total. The van der Waals surface area contributed by atoms with Crippen molar-refractivity contribution in [1.82, 2.24) is 0 Å². The van der Waals surface area contributed by atoms with Crippen molar-refractivity contribution in [1.29, 1.82) is 0 Å². The van der Waals surface area contributed by atoms with Gasteiger partial charge in [-0.3, -0.25) is 14.6 Å². The molecule has 160 valence electrons. The minimum atomic E-state index is -0.687. The highest BCUT2D eigenvalue weighted by Crippen LogP contribution is 2.49. The number of Topliss-reactive ketones (excluding diaryl/α,β-unsaturated/α-hetero) is 1. The zero-order chi connectivity index (χ0) is 22.2. The van der Waals surface area contributed by atoms with E-state index in [9.17, 15) is 9.59 Å². The molecule has 0 bridgehead atoms. The summed E-state index contributed by atoms with van der Waals surface area (Å²) < 4.78 is 5.69. The molecule has 5 heteroatoms. The summed E-state index contributed by atoms with van der Waals surface area (Å²) in [6.07, 6.45) is 1.12. The summed E-state index contributed by atoms with van der Waals surface area (Å²) in [5, 5.41) is 0.535. The third kappa shape index (κ3) is 4.35. The van der Waals surface area contributed by atoms with Crippen LogP contribution < -0.4 is 0 Å². The van der Waals surface area contributed by atoms with E-state index in [1.54, 1.807) is 6.07 Å². The van der Waals surface area contributed by atoms with Crippen LogP contribution in [0.15, 0.2) is 70.9 Å². The zero-order valence-corrected chi connectivity index (χ0v) is 18.8. The molecule has 0 spiro atoms. The molecule has 0 aromatic heterocycles. The van der Waals surface area contributed by atoms with Gasteiger partial charge in [0.05, 0.1) is 0 Å². The van der Waals surface area contributed by atoms with Gasteiger partial charge in [-0.1, -0.05) is 74.0 Å². The monoisotopic (exact) mass is 435 g/mol. The van der Waals surface area contributed by atoms with Crippen molar-refractivity contribution >= 4 is 29.1 Å². The fraction of sp³-hybridized carbons (Fsp3) is 0.346. The average molecular weight is 436 g/mol. The van der Waals surface area contributed by atoms with Gasteiger partial charge in [0, 0.05) is 34.3 Å². The molecule has 0 N–H and O–H groups in total. The fourth-order valence-corrected chi connectivity index (χ4v) is 4.89. The lowest BCUT2D eigenvalue weighted by atomic mass is 9.67. The predicted molar refractivity (Wildman–Crippen MR) is 122 cm³/mol. The first-order valence-corrected chi connectivity index (χ1v) is 10.9. The number of benzene rings is 2. The Balaban J connectivity index is 1.75. The van der Waals surface area contributed by atoms with Gasteiger partial charge in [0.2, 0.25) is 0 Å². The van der Waals surface area contributed by atoms with E-state index >= 15 is 0 Å². The van der Waals surface area contributed by atoms with Gasteiger partial charge in [-0.2, -0.15) is 0 Å². The summed E-state index contributed by atoms with van der Waals surface area (Å²) in [6.45, 7) is 6.16. The number of halogens is 1. The van der Waals surface area contributed by atoms with E-state index in [1.807, 2.05) is 55.5 Å². The van der Waals surface area contributed by atoms with Crippen molar-refractivity contribution < 1.29 is 14.3 Å². The summed E-state index contributed by atoms with van der Waals surface area (Å²) in [6, 6.07) is 17.0. The number of carbonyl (C=O) groups excluding carboxylic acids is 2. The summed E-state index contributed by atoms with van der Waals surface area (Å²) in [5.41, 5.74) is 3.56. The van der Waals surface area contributed by atoms with E-state index in [0.717, 1.165) is 16.8 Å². The molecule has 1 aliphatic heterocycles. The standard InChI is InChI=1S/C26H26ClNO3/c1-16-22(25(30)31-15-17-9-5-4-6-10-17)23(18-11-7-8-12-19(18)27)24-20(28-16)13-26(2,3)14-21(24)29/h4-12,22-23H,13-15H2,1-3H3/t22?,23-/m1/s1. The largest absolute Gasteiger partial charge is 0.460 e. The molecular formula is C26H26ClNO3. The topological polar surface area (TPSA) is 55.7 Å². The van der Waals surface area contributed by atoms with Crippen molar-refractivity contribution in [3.63, 3.8) is 0 Å². The van der Waals surface area contributed by atoms with Crippen LogP contribution in [0.4, 0.5) is 0 Å². The summed E-state index contributed by atoms with van der Waals surface area (Å²) in [4.78, 5) is 31.3. The van der Waals surface area contributed by atoms with Crippen molar-refractivity contribution in [3.8, 4) is 0 Å². The highest BCUT2D eigenvalue weighted by atomic mass is 35.5. The highest BCUT2D eigenvalue weighted by Gasteiger charge is 2.46. The maximum Gasteiger partial charge on any atom is 0.315 e. The van der Waals surface area contributed by atoms with Gasteiger partial charge in [-0.25, -0.2) is 0 Å². The molecule has 1 unspecified atom stereocenters. The minimum Gasteiger partial charge on any atom is -0.460 e. The number of aliphatic imine (C=N–C) groups is 1.